The van der Waals surface area contributed by atoms with Gasteiger partial charge in [0.1, 0.15) is 5.75 Å². The van der Waals surface area contributed by atoms with Crippen LogP contribution in [0, 0.1) is 6.92 Å². The van der Waals surface area contributed by atoms with Crippen LogP contribution in [-0.2, 0) is 5.41 Å². The van der Waals surface area contributed by atoms with Crippen molar-refractivity contribution < 1.29 is 9.53 Å². The molecule has 0 heterocycles. The van der Waals surface area contributed by atoms with Crippen LogP contribution in [0.3, 0.4) is 0 Å². The highest BCUT2D eigenvalue weighted by molar-refractivity contribution is 5.94. The number of carbonyl (C=O) groups excluding carboxylic acids is 1. The van der Waals surface area contributed by atoms with Crippen molar-refractivity contribution in [3.8, 4) is 5.75 Å². The highest BCUT2D eigenvalue weighted by Gasteiger charge is 2.21. The summed E-state index contributed by atoms with van der Waals surface area (Å²) in [5.41, 5.74) is 2.86. The fourth-order valence-electron chi connectivity index (χ4n) is 2.25. The van der Waals surface area contributed by atoms with E-state index in [1.165, 1.54) is 0 Å². The standard InChI is InChI=1S/C19H23NO2/c1-14-5-7-15(8-6-14)18(21)20-13-19(2,3)16-9-11-17(22-4)12-10-16/h5-12H,13H2,1-4H3,(H,20,21). The second-order valence-corrected chi connectivity index (χ2v) is 6.16. The number of amides is 1. The van der Waals surface area contributed by atoms with Crippen molar-refractivity contribution in [1.82, 2.24) is 5.32 Å². The van der Waals surface area contributed by atoms with Crippen molar-refractivity contribution in [2.45, 2.75) is 26.2 Å². The van der Waals surface area contributed by atoms with E-state index in [1.807, 2.05) is 55.5 Å². The van der Waals surface area contributed by atoms with Gasteiger partial charge >= 0.3 is 0 Å². The maximum Gasteiger partial charge on any atom is 0.251 e. The van der Waals surface area contributed by atoms with Crippen LogP contribution in [-0.4, -0.2) is 19.6 Å². The highest BCUT2D eigenvalue weighted by atomic mass is 16.5. The number of aryl methyl sites for hydroxylation is 1. The Balaban J connectivity index is 2.01. The number of carbonyl (C=O) groups is 1. The number of methoxy groups -OCH3 is 1. The fourth-order valence-corrected chi connectivity index (χ4v) is 2.25. The van der Waals surface area contributed by atoms with Gasteiger partial charge in [-0.15, -0.1) is 0 Å². The van der Waals surface area contributed by atoms with Gasteiger partial charge < -0.3 is 10.1 Å². The normalized spacial score (nSPS) is 11.1. The molecule has 2 aromatic rings. The molecule has 0 unspecified atom stereocenters. The first-order valence-corrected chi connectivity index (χ1v) is 7.42. The van der Waals surface area contributed by atoms with E-state index in [0.717, 1.165) is 16.9 Å². The minimum atomic E-state index is -0.146. The van der Waals surface area contributed by atoms with Gasteiger partial charge in [-0.2, -0.15) is 0 Å². The van der Waals surface area contributed by atoms with Crippen molar-refractivity contribution in [2.24, 2.45) is 0 Å². The minimum absolute atomic E-state index is 0.0402. The fraction of sp³-hybridized carbons (Fsp3) is 0.316. The van der Waals surface area contributed by atoms with Gasteiger partial charge in [-0.3, -0.25) is 4.79 Å². The molecule has 0 atom stereocenters. The topological polar surface area (TPSA) is 38.3 Å². The van der Waals surface area contributed by atoms with Gasteiger partial charge in [0.15, 0.2) is 0 Å². The van der Waals surface area contributed by atoms with E-state index in [-0.39, 0.29) is 11.3 Å². The summed E-state index contributed by atoms with van der Waals surface area (Å²) in [5, 5.41) is 3.02. The lowest BCUT2D eigenvalue weighted by Crippen LogP contribution is -2.36. The third-order valence-electron chi connectivity index (χ3n) is 3.88. The van der Waals surface area contributed by atoms with Gasteiger partial charge in [0.25, 0.3) is 5.91 Å². The van der Waals surface area contributed by atoms with Crippen LogP contribution >= 0.6 is 0 Å². The Bertz CT molecular complexity index is 627. The monoisotopic (exact) mass is 297 g/mol. The molecule has 0 aromatic heterocycles. The smallest absolute Gasteiger partial charge is 0.251 e. The third kappa shape index (κ3) is 3.88. The Labute approximate surface area is 132 Å². The third-order valence-corrected chi connectivity index (χ3v) is 3.88. The Hall–Kier alpha value is -2.29. The summed E-state index contributed by atoms with van der Waals surface area (Å²) in [6.07, 6.45) is 0. The van der Waals surface area contributed by atoms with E-state index in [0.29, 0.717) is 12.1 Å². The summed E-state index contributed by atoms with van der Waals surface area (Å²) in [5.74, 6) is 0.796. The van der Waals surface area contributed by atoms with E-state index in [9.17, 15) is 4.79 Å². The molecule has 0 fully saturated rings. The Morgan fingerprint density at radius 2 is 1.64 bits per heavy atom. The average Bonchev–Trinajstić information content (AvgIpc) is 2.53. The average molecular weight is 297 g/mol. The van der Waals surface area contributed by atoms with E-state index < -0.39 is 0 Å². The molecule has 2 aromatic carbocycles. The SMILES string of the molecule is COc1ccc(C(C)(C)CNC(=O)c2ccc(C)cc2)cc1. The molecule has 2 rings (SSSR count). The Morgan fingerprint density at radius 3 is 2.18 bits per heavy atom. The summed E-state index contributed by atoms with van der Waals surface area (Å²) >= 11 is 0. The summed E-state index contributed by atoms with van der Waals surface area (Å²) in [7, 11) is 1.65. The zero-order chi connectivity index (χ0) is 16.2. The minimum Gasteiger partial charge on any atom is -0.497 e. The maximum atomic E-state index is 12.2. The van der Waals surface area contributed by atoms with Gasteiger partial charge in [0.05, 0.1) is 7.11 Å². The summed E-state index contributed by atoms with van der Waals surface area (Å²) < 4.78 is 5.18. The van der Waals surface area contributed by atoms with Crippen molar-refractivity contribution in [3.63, 3.8) is 0 Å². The molecule has 0 spiro atoms. The molecule has 22 heavy (non-hydrogen) atoms. The van der Waals surface area contributed by atoms with Crippen LogP contribution in [0.25, 0.3) is 0 Å². The molecule has 116 valence electrons. The van der Waals surface area contributed by atoms with E-state index in [4.69, 9.17) is 4.74 Å². The predicted molar refractivity (Wildman–Crippen MR) is 89.5 cm³/mol. The molecule has 0 bridgehead atoms. The van der Waals surface area contributed by atoms with Crippen molar-refractivity contribution in [1.29, 1.82) is 0 Å². The van der Waals surface area contributed by atoms with Gasteiger partial charge in [0.2, 0.25) is 0 Å². The second-order valence-electron chi connectivity index (χ2n) is 6.16. The van der Waals surface area contributed by atoms with Gasteiger partial charge in [-0.25, -0.2) is 0 Å². The quantitative estimate of drug-likeness (QED) is 0.913. The zero-order valence-corrected chi connectivity index (χ0v) is 13.6. The Kier molecular flexibility index (Phi) is 4.86. The van der Waals surface area contributed by atoms with Crippen LogP contribution in [0.1, 0.15) is 35.3 Å². The first kappa shape index (κ1) is 16.1. The number of rotatable bonds is 5. The van der Waals surface area contributed by atoms with Gasteiger partial charge in [0, 0.05) is 17.5 Å². The molecule has 0 aliphatic rings. The molecule has 0 radical (unpaired) electrons. The molecular weight excluding hydrogens is 274 g/mol. The lowest BCUT2D eigenvalue weighted by molar-refractivity contribution is 0.0945. The molecule has 1 amide bonds. The lowest BCUT2D eigenvalue weighted by Gasteiger charge is -2.26. The number of ether oxygens (including phenoxy) is 1. The van der Waals surface area contributed by atoms with Crippen LogP contribution < -0.4 is 10.1 Å². The van der Waals surface area contributed by atoms with E-state index in [1.54, 1.807) is 7.11 Å². The number of hydrogen-bond acceptors (Lipinski definition) is 2. The van der Waals surface area contributed by atoms with Gasteiger partial charge in [-0.05, 0) is 36.8 Å². The molecule has 1 N–H and O–H groups in total. The Morgan fingerprint density at radius 1 is 1.05 bits per heavy atom. The number of benzene rings is 2. The predicted octanol–water partition coefficient (Wildman–Crippen LogP) is 3.71. The molecule has 0 aliphatic carbocycles. The summed E-state index contributed by atoms with van der Waals surface area (Å²) in [4.78, 5) is 12.2. The van der Waals surface area contributed by atoms with Crippen molar-refractivity contribution >= 4 is 5.91 Å². The van der Waals surface area contributed by atoms with Crippen LogP contribution in [0.2, 0.25) is 0 Å². The molecule has 3 nitrogen and oxygen atoms in total. The molecule has 0 saturated heterocycles. The lowest BCUT2D eigenvalue weighted by atomic mass is 9.84. The highest BCUT2D eigenvalue weighted by Crippen LogP contribution is 2.24. The van der Waals surface area contributed by atoms with E-state index >= 15 is 0 Å². The number of nitrogens with one attached hydrogen (secondary N) is 1. The first-order chi connectivity index (χ1) is 10.4. The molecule has 0 aliphatic heterocycles. The molecule has 3 heteroatoms. The molecule has 0 saturated carbocycles. The van der Waals surface area contributed by atoms with Crippen LogP contribution in [0.15, 0.2) is 48.5 Å². The number of hydrogen-bond donors (Lipinski definition) is 1. The molecular formula is C19H23NO2. The second kappa shape index (κ2) is 6.65. The van der Waals surface area contributed by atoms with Crippen molar-refractivity contribution in [2.75, 3.05) is 13.7 Å². The largest absolute Gasteiger partial charge is 0.497 e. The maximum absolute atomic E-state index is 12.2. The van der Waals surface area contributed by atoms with Crippen LogP contribution in [0.4, 0.5) is 0 Å². The van der Waals surface area contributed by atoms with Crippen molar-refractivity contribution in [3.05, 3.63) is 65.2 Å². The van der Waals surface area contributed by atoms with Crippen LogP contribution in [0.5, 0.6) is 5.75 Å². The summed E-state index contributed by atoms with van der Waals surface area (Å²) in [6.45, 7) is 6.81. The zero-order valence-electron chi connectivity index (χ0n) is 13.6. The first-order valence-electron chi connectivity index (χ1n) is 7.42. The van der Waals surface area contributed by atoms with E-state index in [2.05, 4.69) is 19.2 Å². The van der Waals surface area contributed by atoms with Gasteiger partial charge in [-0.1, -0.05) is 43.7 Å². The summed E-state index contributed by atoms with van der Waals surface area (Å²) in [6, 6.07) is 15.6.